The Morgan fingerprint density at radius 1 is 1.33 bits per heavy atom. The molecule has 1 N–H and O–H groups in total. The number of hydrogen-bond acceptors (Lipinski definition) is 3. The van der Waals surface area contributed by atoms with Crippen LogP contribution in [0.4, 0.5) is 0 Å². The van der Waals surface area contributed by atoms with Crippen LogP contribution in [0.2, 0.25) is 0 Å². The monoisotopic (exact) mass is 268 g/mol. The van der Waals surface area contributed by atoms with Gasteiger partial charge in [-0.2, -0.15) is 0 Å². The maximum Gasteiger partial charge on any atom is 0.156 e. The SMILES string of the molecule is CC(C)(C)CC1CN=C(NCC2(C)CCCC2)S1. The smallest absolute Gasteiger partial charge is 0.156 e. The Kier molecular flexibility index (Phi) is 4.30. The predicted octanol–water partition coefficient (Wildman–Crippen LogP) is 4.06. The topological polar surface area (TPSA) is 24.4 Å². The van der Waals surface area contributed by atoms with Gasteiger partial charge in [-0.05, 0) is 30.1 Å². The lowest BCUT2D eigenvalue weighted by Crippen LogP contribution is -2.32. The molecule has 2 aliphatic rings. The highest BCUT2D eigenvalue weighted by atomic mass is 32.2. The summed E-state index contributed by atoms with van der Waals surface area (Å²) in [7, 11) is 0. The fourth-order valence-corrected chi connectivity index (χ4v) is 4.35. The molecule has 2 rings (SSSR count). The first kappa shape index (κ1) is 14.2. The lowest BCUT2D eigenvalue weighted by Gasteiger charge is -2.25. The lowest BCUT2D eigenvalue weighted by molar-refractivity contribution is 0.336. The largest absolute Gasteiger partial charge is 0.364 e. The van der Waals surface area contributed by atoms with Gasteiger partial charge in [0.1, 0.15) is 0 Å². The standard InChI is InChI=1S/C15H28N2S/c1-14(2,3)9-12-10-16-13(18-12)17-11-15(4)7-5-6-8-15/h12H,5-11H2,1-4H3,(H,16,17). The molecule has 0 aromatic heterocycles. The van der Waals surface area contributed by atoms with E-state index >= 15 is 0 Å². The number of thioether (sulfide) groups is 1. The molecule has 0 radical (unpaired) electrons. The molecule has 1 atom stereocenters. The lowest BCUT2D eigenvalue weighted by atomic mass is 9.89. The van der Waals surface area contributed by atoms with Crippen LogP contribution in [-0.4, -0.2) is 23.5 Å². The van der Waals surface area contributed by atoms with Crippen molar-refractivity contribution in [2.45, 2.75) is 65.0 Å². The maximum atomic E-state index is 4.66. The van der Waals surface area contributed by atoms with Gasteiger partial charge in [0, 0.05) is 11.8 Å². The minimum absolute atomic E-state index is 0.417. The van der Waals surface area contributed by atoms with E-state index in [0.29, 0.717) is 16.1 Å². The second-order valence-corrected chi connectivity index (χ2v) is 8.81. The van der Waals surface area contributed by atoms with Crippen molar-refractivity contribution in [3.05, 3.63) is 0 Å². The molecule has 0 spiro atoms. The Balaban J connectivity index is 1.72. The second-order valence-electron chi connectivity index (χ2n) is 7.52. The van der Waals surface area contributed by atoms with Crippen LogP contribution in [0, 0.1) is 10.8 Å². The van der Waals surface area contributed by atoms with Crippen molar-refractivity contribution in [2.24, 2.45) is 15.8 Å². The maximum absolute atomic E-state index is 4.66. The van der Waals surface area contributed by atoms with Crippen LogP contribution in [0.25, 0.3) is 0 Å². The van der Waals surface area contributed by atoms with Crippen LogP contribution in [-0.2, 0) is 0 Å². The van der Waals surface area contributed by atoms with Crippen LogP contribution in [0.15, 0.2) is 4.99 Å². The van der Waals surface area contributed by atoms with Gasteiger partial charge in [0.25, 0.3) is 0 Å². The number of aliphatic imine (C=N–C) groups is 1. The molecule has 2 nitrogen and oxygen atoms in total. The number of amidine groups is 1. The van der Waals surface area contributed by atoms with E-state index < -0.39 is 0 Å². The van der Waals surface area contributed by atoms with Crippen molar-refractivity contribution in [3.8, 4) is 0 Å². The first-order valence-corrected chi connectivity index (χ1v) is 8.19. The molecule has 0 aromatic rings. The minimum atomic E-state index is 0.417. The van der Waals surface area contributed by atoms with Crippen molar-refractivity contribution < 1.29 is 0 Å². The Labute approximate surface area is 116 Å². The average molecular weight is 268 g/mol. The van der Waals surface area contributed by atoms with E-state index in [1.165, 1.54) is 37.3 Å². The molecular formula is C15H28N2S. The van der Waals surface area contributed by atoms with Crippen LogP contribution in [0.3, 0.4) is 0 Å². The third-order valence-electron chi connectivity index (χ3n) is 4.03. The zero-order valence-electron chi connectivity index (χ0n) is 12.4. The summed E-state index contributed by atoms with van der Waals surface area (Å²) in [6.07, 6.45) is 6.82. The molecule has 104 valence electrons. The number of hydrogen-bond donors (Lipinski definition) is 1. The highest BCUT2D eigenvalue weighted by Crippen LogP contribution is 2.37. The summed E-state index contributed by atoms with van der Waals surface area (Å²) in [5, 5.41) is 5.47. The number of rotatable bonds is 3. The second kappa shape index (κ2) is 5.44. The Morgan fingerprint density at radius 3 is 2.61 bits per heavy atom. The summed E-state index contributed by atoms with van der Waals surface area (Å²) in [6.45, 7) is 11.5. The summed E-state index contributed by atoms with van der Waals surface area (Å²) in [5.74, 6) is 0. The van der Waals surface area contributed by atoms with Crippen molar-refractivity contribution in [2.75, 3.05) is 13.1 Å². The van der Waals surface area contributed by atoms with E-state index in [1.807, 2.05) is 11.8 Å². The van der Waals surface area contributed by atoms with Gasteiger partial charge in [0.2, 0.25) is 0 Å². The minimum Gasteiger partial charge on any atom is -0.364 e. The van der Waals surface area contributed by atoms with Gasteiger partial charge in [-0.15, -0.1) is 0 Å². The van der Waals surface area contributed by atoms with Gasteiger partial charge in [-0.1, -0.05) is 52.3 Å². The first-order chi connectivity index (χ1) is 8.36. The van der Waals surface area contributed by atoms with Gasteiger partial charge >= 0.3 is 0 Å². The molecule has 1 saturated carbocycles. The summed E-state index contributed by atoms with van der Waals surface area (Å²) in [5.41, 5.74) is 0.936. The molecule has 1 unspecified atom stereocenters. The Morgan fingerprint density at radius 2 is 2.00 bits per heavy atom. The van der Waals surface area contributed by atoms with Gasteiger partial charge in [0.05, 0.1) is 6.54 Å². The molecule has 3 heteroatoms. The van der Waals surface area contributed by atoms with Gasteiger partial charge in [-0.25, -0.2) is 0 Å². The molecule has 1 heterocycles. The van der Waals surface area contributed by atoms with E-state index in [2.05, 4.69) is 38.0 Å². The van der Waals surface area contributed by atoms with Crippen molar-refractivity contribution in [3.63, 3.8) is 0 Å². The predicted molar refractivity (Wildman–Crippen MR) is 82.3 cm³/mol. The molecular weight excluding hydrogens is 240 g/mol. The third kappa shape index (κ3) is 4.18. The first-order valence-electron chi connectivity index (χ1n) is 7.31. The fraction of sp³-hybridized carbons (Fsp3) is 0.933. The molecule has 1 aliphatic heterocycles. The molecule has 1 aliphatic carbocycles. The molecule has 0 bridgehead atoms. The molecule has 1 fully saturated rings. The fourth-order valence-electron chi connectivity index (χ4n) is 3.00. The Bertz CT molecular complexity index is 311. The van der Waals surface area contributed by atoms with Crippen molar-refractivity contribution in [1.29, 1.82) is 0 Å². The highest BCUT2D eigenvalue weighted by molar-refractivity contribution is 8.14. The van der Waals surface area contributed by atoms with Crippen molar-refractivity contribution >= 4 is 16.9 Å². The van der Waals surface area contributed by atoms with Crippen LogP contribution in [0.5, 0.6) is 0 Å². The summed E-state index contributed by atoms with van der Waals surface area (Å²) in [4.78, 5) is 4.66. The van der Waals surface area contributed by atoms with Gasteiger partial charge in [-0.3, -0.25) is 4.99 Å². The average Bonchev–Trinajstić information content (AvgIpc) is 2.83. The highest BCUT2D eigenvalue weighted by Gasteiger charge is 2.30. The van der Waals surface area contributed by atoms with Crippen LogP contribution in [0.1, 0.15) is 59.8 Å². The van der Waals surface area contributed by atoms with Crippen LogP contribution < -0.4 is 5.32 Å². The normalized spacial score (nSPS) is 27.3. The molecule has 0 aromatic carbocycles. The summed E-state index contributed by atoms with van der Waals surface area (Å²) in [6, 6.07) is 0. The van der Waals surface area contributed by atoms with E-state index in [4.69, 9.17) is 0 Å². The Hall–Kier alpha value is -0.180. The van der Waals surface area contributed by atoms with E-state index in [-0.39, 0.29) is 0 Å². The van der Waals surface area contributed by atoms with E-state index in [1.54, 1.807) is 0 Å². The molecule has 0 amide bonds. The summed E-state index contributed by atoms with van der Waals surface area (Å²) >= 11 is 1.96. The van der Waals surface area contributed by atoms with Crippen LogP contribution >= 0.6 is 11.8 Å². The van der Waals surface area contributed by atoms with Crippen molar-refractivity contribution in [1.82, 2.24) is 5.32 Å². The van der Waals surface area contributed by atoms with Gasteiger partial charge in [0.15, 0.2) is 5.17 Å². The van der Waals surface area contributed by atoms with E-state index in [9.17, 15) is 0 Å². The third-order valence-corrected chi connectivity index (χ3v) is 5.18. The zero-order chi connectivity index (χ0) is 13.2. The molecule has 18 heavy (non-hydrogen) atoms. The summed E-state index contributed by atoms with van der Waals surface area (Å²) < 4.78 is 0. The number of nitrogens with zero attached hydrogens (tertiary/aromatic N) is 1. The number of nitrogens with one attached hydrogen (secondary N) is 1. The molecule has 0 saturated heterocycles. The quantitative estimate of drug-likeness (QED) is 0.834. The zero-order valence-corrected chi connectivity index (χ0v) is 13.2. The van der Waals surface area contributed by atoms with Gasteiger partial charge < -0.3 is 5.32 Å². The van der Waals surface area contributed by atoms with E-state index in [0.717, 1.165) is 13.1 Å².